The molecule has 8 aromatic rings. The maximum absolute atomic E-state index is 2.51. The van der Waals surface area contributed by atoms with E-state index in [0.29, 0.717) is 0 Å². The molecule has 238 valence electrons. The molecule has 0 aromatic heterocycles. The summed E-state index contributed by atoms with van der Waals surface area (Å²) in [5.74, 6) is 0. The number of rotatable bonds is 7. The second-order valence-electron chi connectivity index (χ2n) is 12.5. The standard InChI is InChI=1S/C48H35NS/c1-5-18-36(19-6-1)37-32-34-39(35-33-37)49(45-29-15-13-26-42(45)38-20-7-2-8-21-38)46-30-17-28-44-43-27-14-16-31-47(43)50(48(44)46,40-22-9-3-10-23-40)41-24-11-4-12-25-41/h1-35H. The molecule has 1 aliphatic rings. The fraction of sp³-hybridized carbons (Fsp3) is 0. The maximum atomic E-state index is 2.51. The number of para-hydroxylation sites is 1. The quantitative estimate of drug-likeness (QED) is 0.165. The van der Waals surface area contributed by atoms with E-state index in [1.807, 2.05) is 0 Å². The Balaban J connectivity index is 1.38. The van der Waals surface area contributed by atoms with Crippen molar-refractivity contribution in [3.63, 3.8) is 0 Å². The minimum atomic E-state index is -1.90. The zero-order chi connectivity index (χ0) is 33.3. The molecular weight excluding hydrogens is 623 g/mol. The third kappa shape index (κ3) is 4.88. The number of nitrogens with zero attached hydrogens (tertiary/aromatic N) is 1. The fourth-order valence-electron chi connectivity index (χ4n) is 7.55. The van der Waals surface area contributed by atoms with Crippen LogP contribution in [0.15, 0.2) is 232 Å². The molecule has 1 nitrogen and oxygen atoms in total. The van der Waals surface area contributed by atoms with Crippen molar-refractivity contribution in [2.24, 2.45) is 0 Å². The van der Waals surface area contributed by atoms with Gasteiger partial charge in [0.05, 0.1) is 11.4 Å². The molecule has 0 N–H and O–H groups in total. The SMILES string of the molecule is c1ccc(-c2ccc(N(c3ccccc3-c3ccccc3)c3cccc4c3S(c3ccccc3)(c3ccccc3)c3ccccc3-4)cc2)cc1. The van der Waals surface area contributed by atoms with E-state index in [9.17, 15) is 0 Å². The van der Waals surface area contributed by atoms with E-state index in [0.717, 1.165) is 11.4 Å². The summed E-state index contributed by atoms with van der Waals surface area (Å²) in [4.78, 5) is 7.93. The molecular formula is C48H35NS. The fourth-order valence-corrected chi connectivity index (χ4v) is 11.9. The Morgan fingerprint density at radius 3 is 1.40 bits per heavy atom. The molecule has 2 heteroatoms. The van der Waals surface area contributed by atoms with Gasteiger partial charge in [0.1, 0.15) is 0 Å². The minimum absolute atomic E-state index is 1.12. The molecule has 0 bridgehead atoms. The lowest BCUT2D eigenvalue weighted by atomic mass is 10.00. The molecule has 0 radical (unpaired) electrons. The van der Waals surface area contributed by atoms with Crippen molar-refractivity contribution in [1.82, 2.24) is 0 Å². The summed E-state index contributed by atoms with van der Waals surface area (Å²) in [6, 6.07) is 77.7. The highest BCUT2D eigenvalue weighted by atomic mass is 32.3. The molecule has 0 fully saturated rings. The third-order valence-electron chi connectivity index (χ3n) is 9.70. The van der Waals surface area contributed by atoms with Crippen LogP contribution in [0.1, 0.15) is 0 Å². The Labute approximate surface area is 296 Å². The third-order valence-corrected chi connectivity index (χ3v) is 13.7. The molecule has 0 spiro atoms. The van der Waals surface area contributed by atoms with Crippen LogP contribution in [-0.4, -0.2) is 0 Å². The molecule has 0 saturated carbocycles. The van der Waals surface area contributed by atoms with Gasteiger partial charge in [0.25, 0.3) is 0 Å². The Morgan fingerprint density at radius 2 is 0.760 bits per heavy atom. The summed E-state index contributed by atoms with van der Waals surface area (Å²) in [5, 5.41) is 0. The lowest BCUT2D eigenvalue weighted by Gasteiger charge is -2.42. The van der Waals surface area contributed by atoms with Gasteiger partial charge in [-0.1, -0.05) is 158 Å². The summed E-state index contributed by atoms with van der Waals surface area (Å²) in [7, 11) is -1.90. The Hall–Kier alpha value is -6.09. The van der Waals surface area contributed by atoms with Crippen molar-refractivity contribution in [3.8, 4) is 33.4 Å². The molecule has 0 saturated heterocycles. The highest BCUT2D eigenvalue weighted by molar-refractivity contribution is 8.34. The average molecular weight is 658 g/mol. The molecule has 9 rings (SSSR count). The van der Waals surface area contributed by atoms with E-state index in [2.05, 4.69) is 217 Å². The number of fused-ring (bicyclic) bond motifs is 3. The molecule has 1 aliphatic heterocycles. The molecule has 8 aromatic carbocycles. The first-order valence-electron chi connectivity index (χ1n) is 17.1. The second-order valence-corrected chi connectivity index (χ2v) is 15.5. The highest BCUT2D eigenvalue weighted by Crippen LogP contribution is 2.81. The largest absolute Gasteiger partial charge is 0.309 e. The van der Waals surface area contributed by atoms with E-state index in [1.54, 1.807) is 0 Å². The smallest absolute Gasteiger partial charge is 0.0598 e. The van der Waals surface area contributed by atoms with Gasteiger partial charge >= 0.3 is 0 Å². The second kappa shape index (κ2) is 12.7. The molecule has 1 heterocycles. The topological polar surface area (TPSA) is 3.24 Å². The van der Waals surface area contributed by atoms with Crippen LogP contribution in [0.3, 0.4) is 0 Å². The van der Waals surface area contributed by atoms with Crippen molar-refractivity contribution in [2.45, 2.75) is 19.6 Å². The summed E-state index contributed by atoms with van der Waals surface area (Å²) in [6.45, 7) is 0. The molecule has 50 heavy (non-hydrogen) atoms. The van der Waals surface area contributed by atoms with Crippen molar-refractivity contribution >= 4 is 27.1 Å². The first-order valence-corrected chi connectivity index (χ1v) is 18.7. The lowest BCUT2D eigenvalue weighted by Crippen LogP contribution is -2.14. The predicted octanol–water partition coefficient (Wildman–Crippen LogP) is 13.8. The number of benzene rings is 8. The first-order chi connectivity index (χ1) is 24.8. The maximum Gasteiger partial charge on any atom is 0.0598 e. The summed E-state index contributed by atoms with van der Waals surface area (Å²) in [5.41, 5.74) is 10.8. The number of hydrogen-bond acceptors (Lipinski definition) is 1. The number of anilines is 3. The normalized spacial score (nSPS) is 13.2. The van der Waals surface area contributed by atoms with Crippen LogP contribution in [0.25, 0.3) is 33.4 Å². The predicted molar refractivity (Wildman–Crippen MR) is 211 cm³/mol. The zero-order valence-electron chi connectivity index (χ0n) is 27.6. The van der Waals surface area contributed by atoms with Crippen molar-refractivity contribution in [3.05, 3.63) is 212 Å². The van der Waals surface area contributed by atoms with Crippen molar-refractivity contribution < 1.29 is 0 Å². The first kappa shape index (κ1) is 30.0. The Bertz CT molecular complexity index is 2360. The van der Waals surface area contributed by atoms with Gasteiger partial charge in [-0.05, 0) is 82.4 Å². The van der Waals surface area contributed by atoms with E-state index in [4.69, 9.17) is 0 Å². The van der Waals surface area contributed by atoms with E-state index in [-0.39, 0.29) is 0 Å². The average Bonchev–Trinajstić information content (AvgIpc) is 3.52. The van der Waals surface area contributed by atoms with Crippen LogP contribution in [0.2, 0.25) is 0 Å². The monoisotopic (exact) mass is 657 g/mol. The van der Waals surface area contributed by atoms with Gasteiger partial charge in [0, 0.05) is 30.8 Å². The highest BCUT2D eigenvalue weighted by Gasteiger charge is 2.44. The van der Waals surface area contributed by atoms with Crippen LogP contribution < -0.4 is 4.90 Å². The lowest BCUT2D eigenvalue weighted by molar-refractivity contribution is 1.21. The Kier molecular flexibility index (Phi) is 7.65. The van der Waals surface area contributed by atoms with Gasteiger partial charge in [-0.15, -0.1) is 10.0 Å². The van der Waals surface area contributed by atoms with Gasteiger partial charge in [-0.2, -0.15) is 0 Å². The summed E-state index contributed by atoms with van der Waals surface area (Å²) >= 11 is 0. The van der Waals surface area contributed by atoms with Crippen LogP contribution in [0.4, 0.5) is 17.1 Å². The van der Waals surface area contributed by atoms with Crippen LogP contribution in [0, 0.1) is 0 Å². The zero-order valence-corrected chi connectivity index (χ0v) is 28.4. The van der Waals surface area contributed by atoms with Crippen LogP contribution >= 0.6 is 10.0 Å². The van der Waals surface area contributed by atoms with Gasteiger partial charge in [0.2, 0.25) is 0 Å². The van der Waals surface area contributed by atoms with Gasteiger partial charge in [-0.3, -0.25) is 0 Å². The minimum Gasteiger partial charge on any atom is -0.309 e. The van der Waals surface area contributed by atoms with E-state index in [1.165, 1.54) is 58.7 Å². The molecule has 0 atom stereocenters. The van der Waals surface area contributed by atoms with Crippen molar-refractivity contribution in [2.75, 3.05) is 4.90 Å². The Morgan fingerprint density at radius 1 is 0.300 bits per heavy atom. The van der Waals surface area contributed by atoms with Gasteiger partial charge < -0.3 is 4.90 Å². The van der Waals surface area contributed by atoms with Gasteiger partial charge in [0.15, 0.2) is 0 Å². The van der Waals surface area contributed by atoms with E-state index < -0.39 is 10.0 Å². The number of hydrogen-bond donors (Lipinski definition) is 0. The molecule has 0 aliphatic carbocycles. The van der Waals surface area contributed by atoms with E-state index >= 15 is 0 Å². The summed E-state index contributed by atoms with van der Waals surface area (Å²) < 4.78 is 0. The van der Waals surface area contributed by atoms with Crippen molar-refractivity contribution in [1.29, 1.82) is 0 Å². The van der Waals surface area contributed by atoms with Gasteiger partial charge in [-0.25, -0.2) is 0 Å². The van der Waals surface area contributed by atoms with Crippen LogP contribution in [0.5, 0.6) is 0 Å². The molecule has 0 unspecified atom stereocenters. The summed E-state index contributed by atoms with van der Waals surface area (Å²) in [6.07, 6.45) is 0. The molecule has 0 amide bonds. The van der Waals surface area contributed by atoms with Crippen LogP contribution in [-0.2, 0) is 0 Å².